The molecule has 1 saturated heterocycles. The fourth-order valence-electron chi connectivity index (χ4n) is 2.36. The van der Waals surface area contributed by atoms with Crippen LogP contribution in [0.4, 0.5) is 0 Å². The molecule has 0 radical (unpaired) electrons. The minimum Gasteiger partial charge on any atom is -0.374 e. The summed E-state index contributed by atoms with van der Waals surface area (Å²) in [5.41, 5.74) is 0. The lowest BCUT2D eigenvalue weighted by molar-refractivity contribution is -0.0282. The summed E-state index contributed by atoms with van der Waals surface area (Å²) in [6.45, 7) is 11.9. The standard InChI is InChI=1S/C13H29N3OS/c1-12(2)9-15(3)4-5-16-6-7-17-13(10-16)8-14-11-18/h12-14,18H,4-11H2,1-3H3/t13-/m1/s1. The van der Waals surface area contributed by atoms with E-state index in [2.05, 4.69) is 48.6 Å². The maximum atomic E-state index is 5.73. The summed E-state index contributed by atoms with van der Waals surface area (Å²) in [4.78, 5) is 4.92. The Bertz CT molecular complexity index is 216. The van der Waals surface area contributed by atoms with Crippen molar-refractivity contribution in [2.45, 2.75) is 20.0 Å². The molecule has 0 bridgehead atoms. The Morgan fingerprint density at radius 1 is 1.50 bits per heavy atom. The molecule has 1 N–H and O–H groups in total. The molecule has 1 aliphatic heterocycles. The van der Waals surface area contributed by atoms with Gasteiger partial charge < -0.3 is 15.0 Å². The molecule has 0 aliphatic carbocycles. The Balaban J connectivity index is 2.17. The molecule has 4 nitrogen and oxygen atoms in total. The van der Waals surface area contributed by atoms with Gasteiger partial charge >= 0.3 is 0 Å². The van der Waals surface area contributed by atoms with Gasteiger partial charge in [0.05, 0.1) is 12.7 Å². The third-order valence-corrected chi connectivity index (χ3v) is 3.41. The predicted molar refractivity (Wildman–Crippen MR) is 80.4 cm³/mol. The van der Waals surface area contributed by atoms with E-state index < -0.39 is 0 Å². The molecule has 1 rings (SSSR count). The van der Waals surface area contributed by atoms with Gasteiger partial charge in [-0.15, -0.1) is 0 Å². The van der Waals surface area contributed by atoms with E-state index in [1.54, 1.807) is 0 Å². The molecule has 1 heterocycles. The quantitative estimate of drug-likeness (QED) is 0.505. The summed E-state index contributed by atoms with van der Waals surface area (Å²) in [5.74, 6) is 1.46. The van der Waals surface area contributed by atoms with Crippen LogP contribution in [0.1, 0.15) is 13.8 Å². The number of hydrogen-bond acceptors (Lipinski definition) is 5. The Morgan fingerprint density at radius 2 is 2.28 bits per heavy atom. The summed E-state index contributed by atoms with van der Waals surface area (Å²) in [6.07, 6.45) is 0.321. The van der Waals surface area contributed by atoms with Crippen LogP contribution in [0.15, 0.2) is 0 Å². The summed E-state index contributed by atoms with van der Waals surface area (Å²) >= 11 is 4.16. The molecule has 0 unspecified atom stereocenters. The molecule has 0 aromatic carbocycles. The lowest BCUT2D eigenvalue weighted by Crippen LogP contribution is -2.48. The fraction of sp³-hybridized carbons (Fsp3) is 1.00. The summed E-state index contributed by atoms with van der Waals surface area (Å²) in [6, 6.07) is 0. The second-order valence-corrected chi connectivity index (χ2v) is 5.88. The minimum absolute atomic E-state index is 0.321. The van der Waals surface area contributed by atoms with E-state index in [-0.39, 0.29) is 0 Å². The highest BCUT2D eigenvalue weighted by molar-refractivity contribution is 7.80. The van der Waals surface area contributed by atoms with E-state index in [0.717, 1.165) is 51.1 Å². The van der Waals surface area contributed by atoms with Crippen LogP contribution in [0.2, 0.25) is 0 Å². The highest BCUT2D eigenvalue weighted by Gasteiger charge is 2.19. The molecule has 18 heavy (non-hydrogen) atoms. The van der Waals surface area contributed by atoms with Crippen LogP contribution in [0.3, 0.4) is 0 Å². The van der Waals surface area contributed by atoms with Crippen LogP contribution >= 0.6 is 12.6 Å². The Hall–Kier alpha value is 0.190. The Morgan fingerprint density at radius 3 is 2.94 bits per heavy atom. The number of likely N-dealkylation sites (N-methyl/N-ethyl adjacent to an activating group) is 1. The van der Waals surface area contributed by atoms with Crippen molar-refractivity contribution in [1.29, 1.82) is 0 Å². The van der Waals surface area contributed by atoms with Crippen molar-refractivity contribution in [3.8, 4) is 0 Å². The van der Waals surface area contributed by atoms with Crippen LogP contribution < -0.4 is 5.32 Å². The van der Waals surface area contributed by atoms with Gasteiger partial charge in [-0.2, -0.15) is 12.6 Å². The van der Waals surface area contributed by atoms with E-state index in [1.165, 1.54) is 6.54 Å². The van der Waals surface area contributed by atoms with E-state index in [9.17, 15) is 0 Å². The van der Waals surface area contributed by atoms with Crippen LogP contribution in [0.25, 0.3) is 0 Å². The fourth-order valence-corrected chi connectivity index (χ4v) is 2.49. The van der Waals surface area contributed by atoms with Gasteiger partial charge in [0.1, 0.15) is 0 Å². The van der Waals surface area contributed by atoms with Crippen LogP contribution in [-0.2, 0) is 4.74 Å². The van der Waals surface area contributed by atoms with Gasteiger partial charge in [-0.3, -0.25) is 4.90 Å². The zero-order valence-corrected chi connectivity index (χ0v) is 13.0. The molecule has 108 valence electrons. The van der Waals surface area contributed by atoms with Gasteiger partial charge in [-0.25, -0.2) is 0 Å². The summed E-state index contributed by atoms with van der Waals surface area (Å²) < 4.78 is 5.73. The molecule has 1 fully saturated rings. The van der Waals surface area contributed by atoms with Gasteiger partial charge in [0.25, 0.3) is 0 Å². The SMILES string of the molecule is CC(C)CN(C)CCN1CCO[C@H](CNCS)C1. The molecule has 0 amide bonds. The lowest BCUT2D eigenvalue weighted by Gasteiger charge is -2.34. The highest BCUT2D eigenvalue weighted by Crippen LogP contribution is 2.05. The van der Waals surface area contributed by atoms with Crippen molar-refractivity contribution in [3.63, 3.8) is 0 Å². The monoisotopic (exact) mass is 275 g/mol. The molecule has 5 heteroatoms. The van der Waals surface area contributed by atoms with Gasteiger partial charge in [0.2, 0.25) is 0 Å². The maximum Gasteiger partial charge on any atom is 0.0827 e. The van der Waals surface area contributed by atoms with Crippen molar-refractivity contribution in [2.24, 2.45) is 5.92 Å². The van der Waals surface area contributed by atoms with Crippen LogP contribution in [0, 0.1) is 5.92 Å². The summed E-state index contributed by atoms with van der Waals surface area (Å²) in [5, 5.41) is 3.23. The number of ether oxygens (including phenoxy) is 1. The Kier molecular flexibility index (Phi) is 8.26. The first kappa shape index (κ1) is 16.2. The topological polar surface area (TPSA) is 27.7 Å². The average Bonchev–Trinajstić information content (AvgIpc) is 2.33. The van der Waals surface area contributed by atoms with E-state index in [4.69, 9.17) is 4.74 Å². The molecule has 0 aromatic heterocycles. The lowest BCUT2D eigenvalue weighted by atomic mass is 10.2. The first-order valence-corrected chi connectivity index (χ1v) is 7.59. The number of thiol groups is 1. The number of nitrogens with one attached hydrogen (secondary N) is 1. The van der Waals surface area contributed by atoms with Gasteiger partial charge in [0.15, 0.2) is 0 Å². The third-order valence-electron chi connectivity index (χ3n) is 3.18. The predicted octanol–water partition coefficient (Wildman–Crippen LogP) is 0.752. The van der Waals surface area contributed by atoms with E-state index >= 15 is 0 Å². The second kappa shape index (κ2) is 9.15. The van der Waals surface area contributed by atoms with Crippen LogP contribution in [0.5, 0.6) is 0 Å². The van der Waals surface area contributed by atoms with Crippen molar-refractivity contribution in [3.05, 3.63) is 0 Å². The number of rotatable bonds is 8. The number of morpholine rings is 1. The zero-order chi connectivity index (χ0) is 13.4. The highest BCUT2D eigenvalue weighted by atomic mass is 32.1. The molecular formula is C13H29N3OS. The average molecular weight is 275 g/mol. The molecule has 1 atom stereocenters. The molecule has 0 saturated carbocycles. The number of hydrogen-bond donors (Lipinski definition) is 2. The number of nitrogens with zero attached hydrogens (tertiary/aromatic N) is 2. The first-order chi connectivity index (χ1) is 8.61. The van der Waals surface area contributed by atoms with Crippen LogP contribution in [-0.4, -0.2) is 74.7 Å². The molecule has 1 aliphatic rings. The second-order valence-electron chi connectivity index (χ2n) is 5.56. The zero-order valence-electron chi connectivity index (χ0n) is 12.1. The van der Waals surface area contributed by atoms with E-state index in [1.807, 2.05) is 0 Å². The van der Waals surface area contributed by atoms with Crippen molar-refractivity contribution < 1.29 is 4.74 Å². The molecular weight excluding hydrogens is 246 g/mol. The normalized spacial score (nSPS) is 22.0. The van der Waals surface area contributed by atoms with Gasteiger partial charge in [-0.05, 0) is 13.0 Å². The summed E-state index contributed by atoms with van der Waals surface area (Å²) in [7, 11) is 2.21. The molecule has 0 spiro atoms. The van der Waals surface area contributed by atoms with E-state index in [0.29, 0.717) is 6.10 Å². The Labute approximate surface area is 117 Å². The third kappa shape index (κ3) is 6.95. The largest absolute Gasteiger partial charge is 0.374 e. The van der Waals surface area contributed by atoms with Crippen molar-refractivity contribution in [2.75, 3.05) is 58.8 Å². The van der Waals surface area contributed by atoms with Crippen molar-refractivity contribution >= 4 is 12.6 Å². The molecule has 0 aromatic rings. The van der Waals surface area contributed by atoms with Crippen molar-refractivity contribution in [1.82, 2.24) is 15.1 Å². The van der Waals surface area contributed by atoms with Gasteiger partial charge in [-0.1, -0.05) is 13.8 Å². The smallest absolute Gasteiger partial charge is 0.0827 e. The minimum atomic E-state index is 0.321. The first-order valence-electron chi connectivity index (χ1n) is 6.96. The van der Waals surface area contributed by atoms with Gasteiger partial charge in [0, 0.05) is 45.1 Å². The maximum absolute atomic E-state index is 5.73.